The monoisotopic (exact) mass is 262 g/mol. The molecule has 0 aliphatic carbocycles. The van der Waals surface area contributed by atoms with Crippen molar-refractivity contribution >= 4 is 17.2 Å². The predicted octanol–water partition coefficient (Wildman–Crippen LogP) is 2.51. The summed E-state index contributed by atoms with van der Waals surface area (Å²) in [6.45, 7) is 0. The Kier molecular flexibility index (Phi) is 2.68. The molecule has 1 aromatic carbocycles. The first-order chi connectivity index (χ1) is 8.75. The minimum Gasteiger partial charge on any atom is -0.266 e. The normalized spacial score (nSPS) is 11.0. The Morgan fingerprint density at radius 1 is 1.17 bits per heavy atom. The van der Waals surface area contributed by atoms with Crippen LogP contribution >= 0.6 is 11.6 Å². The molecule has 0 saturated carbocycles. The van der Waals surface area contributed by atoms with E-state index >= 15 is 0 Å². The third kappa shape index (κ3) is 1.82. The van der Waals surface area contributed by atoms with Crippen LogP contribution in [0.15, 0.2) is 36.7 Å². The molecule has 0 spiro atoms. The Balaban J connectivity index is 2.09. The molecule has 2 aromatic heterocycles. The summed E-state index contributed by atoms with van der Waals surface area (Å²) in [5.41, 5.74) is 1.11. The lowest BCUT2D eigenvalue weighted by Gasteiger charge is -2.03. The van der Waals surface area contributed by atoms with Gasteiger partial charge in [-0.05, 0) is 11.6 Å². The van der Waals surface area contributed by atoms with E-state index < -0.39 is 0 Å². The highest BCUT2D eigenvalue weighted by atomic mass is 35.5. The third-order valence-electron chi connectivity index (χ3n) is 2.65. The van der Waals surface area contributed by atoms with Crippen LogP contribution < -0.4 is 0 Å². The zero-order valence-electron chi connectivity index (χ0n) is 9.22. The second kappa shape index (κ2) is 4.34. The number of aromatic nitrogens is 4. The molecule has 90 valence electrons. The number of hydrogen-bond donors (Lipinski definition) is 0. The molecule has 0 bridgehead atoms. The molecule has 18 heavy (non-hydrogen) atoms. The highest BCUT2D eigenvalue weighted by molar-refractivity contribution is 6.29. The van der Waals surface area contributed by atoms with E-state index in [1.807, 2.05) is 0 Å². The molecule has 2 heterocycles. The maximum absolute atomic E-state index is 13.6. The second-order valence-corrected chi connectivity index (χ2v) is 4.20. The van der Waals surface area contributed by atoms with Crippen LogP contribution in [0, 0.1) is 5.82 Å². The van der Waals surface area contributed by atoms with Gasteiger partial charge in [0.05, 0.1) is 12.4 Å². The summed E-state index contributed by atoms with van der Waals surface area (Å²) in [7, 11) is 0. The van der Waals surface area contributed by atoms with Crippen LogP contribution in [0.5, 0.6) is 0 Å². The van der Waals surface area contributed by atoms with E-state index in [2.05, 4.69) is 15.2 Å². The van der Waals surface area contributed by atoms with Crippen LogP contribution in [0.2, 0.25) is 5.15 Å². The molecule has 0 N–H and O–H groups in total. The van der Waals surface area contributed by atoms with E-state index in [-0.39, 0.29) is 5.82 Å². The van der Waals surface area contributed by atoms with Gasteiger partial charge in [0.1, 0.15) is 16.8 Å². The van der Waals surface area contributed by atoms with Crippen molar-refractivity contribution in [2.45, 2.75) is 6.42 Å². The van der Waals surface area contributed by atoms with Crippen molar-refractivity contribution in [3.8, 4) is 0 Å². The summed E-state index contributed by atoms with van der Waals surface area (Å²) in [6.07, 6.45) is 3.39. The highest BCUT2D eigenvalue weighted by Crippen LogP contribution is 2.16. The molecule has 0 aliphatic rings. The zero-order valence-corrected chi connectivity index (χ0v) is 9.97. The number of nitrogens with zero attached hydrogens (tertiary/aromatic N) is 4. The Morgan fingerprint density at radius 3 is 2.83 bits per heavy atom. The van der Waals surface area contributed by atoms with Crippen LogP contribution in [0.3, 0.4) is 0 Å². The fraction of sp³-hybridized carbons (Fsp3) is 0.0833. The van der Waals surface area contributed by atoms with Gasteiger partial charge in [0.2, 0.25) is 0 Å². The summed E-state index contributed by atoms with van der Waals surface area (Å²) >= 11 is 6.04. The molecule has 4 nitrogen and oxygen atoms in total. The maximum Gasteiger partial charge on any atom is 0.180 e. The molecule has 6 heteroatoms. The standard InChI is InChI=1S/C12H8ClFN4/c13-10-6-15-7-12-17-16-11(18(10)12)5-8-3-1-2-4-9(8)14/h1-4,6-7H,5H2. The fourth-order valence-electron chi connectivity index (χ4n) is 1.80. The average molecular weight is 263 g/mol. The Labute approximate surface area is 107 Å². The number of rotatable bonds is 2. The van der Waals surface area contributed by atoms with Gasteiger partial charge < -0.3 is 0 Å². The molecule has 3 rings (SSSR count). The lowest BCUT2D eigenvalue weighted by atomic mass is 10.1. The van der Waals surface area contributed by atoms with Crippen molar-refractivity contribution in [1.29, 1.82) is 0 Å². The first-order valence-electron chi connectivity index (χ1n) is 5.32. The van der Waals surface area contributed by atoms with Gasteiger partial charge in [0, 0.05) is 6.42 Å². The van der Waals surface area contributed by atoms with E-state index in [0.717, 1.165) is 0 Å². The van der Waals surface area contributed by atoms with Crippen molar-refractivity contribution < 1.29 is 4.39 Å². The van der Waals surface area contributed by atoms with E-state index in [4.69, 9.17) is 11.6 Å². The van der Waals surface area contributed by atoms with Gasteiger partial charge in [-0.3, -0.25) is 9.38 Å². The molecule has 0 saturated heterocycles. The molecule has 0 fully saturated rings. The van der Waals surface area contributed by atoms with Gasteiger partial charge in [-0.2, -0.15) is 0 Å². The number of halogens is 2. The van der Waals surface area contributed by atoms with Gasteiger partial charge in [-0.25, -0.2) is 4.39 Å². The molecule has 0 aliphatic heterocycles. The smallest absolute Gasteiger partial charge is 0.180 e. The quantitative estimate of drug-likeness (QED) is 0.713. The van der Waals surface area contributed by atoms with Crippen LogP contribution in [0.1, 0.15) is 11.4 Å². The largest absolute Gasteiger partial charge is 0.266 e. The maximum atomic E-state index is 13.6. The topological polar surface area (TPSA) is 43.1 Å². The molecular formula is C12H8ClFN4. The zero-order chi connectivity index (χ0) is 12.5. The van der Waals surface area contributed by atoms with Gasteiger partial charge in [-0.15, -0.1) is 10.2 Å². The molecule has 0 atom stereocenters. The second-order valence-electron chi connectivity index (χ2n) is 3.81. The van der Waals surface area contributed by atoms with Crippen molar-refractivity contribution in [2.75, 3.05) is 0 Å². The SMILES string of the molecule is Fc1ccccc1Cc1nnc2cncc(Cl)n12. The Hall–Kier alpha value is -2.01. The van der Waals surface area contributed by atoms with Crippen molar-refractivity contribution in [1.82, 2.24) is 19.6 Å². The molecular weight excluding hydrogens is 255 g/mol. The molecule has 0 amide bonds. The van der Waals surface area contributed by atoms with Crippen LogP contribution in [-0.4, -0.2) is 19.6 Å². The van der Waals surface area contributed by atoms with Crippen LogP contribution in [-0.2, 0) is 6.42 Å². The van der Waals surface area contributed by atoms with Gasteiger partial charge in [-0.1, -0.05) is 29.8 Å². The summed E-state index contributed by atoms with van der Waals surface area (Å²) in [5.74, 6) is 0.321. The Morgan fingerprint density at radius 2 is 2.00 bits per heavy atom. The van der Waals surface area contributed by atoms with Crippen LogP contribution in [0.4, 0.5) is 4.39 Å². The van der Waals surface area contributed by atoms with Gasteiger partial charge in [0.25, 0.3) is 0 Å². The lowest BCUT2D eigenvalue weighted by Crippen LogP contribution is -1.99. The summed E-state index contributed by atoms with van der Waals surface area (Å²) < 4.78 is 15.2. The predicted molar refractivity (Wildman–Crippen MR) is 65.0 cm³/mol. The van der Waals surface area contributed by atoms with E-state index in [0.29, 0.717) is 28.6 Å². The molecule has 0 radical (unpaired) electrons. The number of hydrogen-bond acceptors (Lipinski definition) is 3. The van der Waals surface area contributed by atoms with Crippen LogP contribution in [0.25, 0.3) is 5.65 Å². The van der Waals surface area contributed by atoms with Crippen molar-refractivity contribution in [3.05, 3.63) is 59.0 Å². The molecule has 3 aromatic rings. The van der Waals surface area contributed by atoms with Crippen molar-refractivity contribution in [3.63, 3.8) is 0 Å². The fourth-order valence-corrected chi connectivity index (χ4v) is 2.04. The van der Waals surface area contributed by atoms with E-state index in [1.54, 1.807) is 28.8 Å². The van der Waals surface area contributed by atoms with Gasteiger partial charge >= 0.3 is 0 Å². The summed E-state index contributed by atoms with van der Waals surface area (Å²) in [5, 5.41) is 8.37. The molecule has 0 unspecified atom stereocenters. The van der Waals surface area contributed by atoms with E-state index in [1.165, 1.54) is 12.3 Å². The minimum absolute atomic E-state index is 0.264. The summed E-state index contributed by atoms with van der Waals surface area (Å²) in [6, 6.07) is 6.57. The highest BCUT2D eigenvalue weighted by Gasteiger charge is 2.11. The lowest BCUT2D eigenvalue weighted by molar-refractivity contribution is 0.611. The van der Waals surface area contributed by atoms with E-state index in [9.17, 15) is 4.39 Å². The number of benzene rings is 1. The first-order valence-corrected chi connectivity index (χ1v) is 5.70. The summed E-state index contributed by atoms with van der Waals surface area (Å²) in [4.78, 5) is 3.92. The third-order valence-corrected chi connectivity index (χ3v) is 2.91. The number of fused-ring (bicyclic) bond motifs is 1. The average Bonchev–Trinajstić information content (AvgIpc) is 2.77. The Bertz CT molecular complexity index is 710. The van der Waals surface area contributed by atoms with Gasteiger partial charge in [0.15, 0.2) is 5.65 Å². The van der Waals surface area contributed by atoms with Crippen molar-refractivity contribution in [2.24, 2.45) is 0 Å². The first kappa shape index (κ1) is 11.1. The minimum atomic E-state index is -0.264.